The first-order chi connectivity index (χ1) is 9.58. The van der Waals surface area contributed by atoms with E-state index in [1.54, 1.807) is 0 Å². The third-order valence-corrected chi connectivity index (χ3v) is 3.57. The van der Waals surface area contributed by atoms with Crippen molar-refractivity contribution in [3.05, 3.63) is 29.8 Å². The van der Waals surface area contributed by atoms with Crippen LogP contribution in [0.15, 0.2) is 24.3 Å². The van der Waals surface area contributed by atoms with Crippen LogP contribution in [0, 0.1) is 0 Å². The Hall–Kier alpha value is -1.10. The summed E-state index contributed by atoms with van der Waals surface area (Å²) in [4.78, 5) is 2.39. The van der Waals surface area contributed by atoms with E-state index in [0.717, 1.165) is 30.9 Å². The fraction of sp³-hybridized carbons (Fsp3) is 0.625. The molecule has 1 aliphatic heterocycles. The molecule has 3 atom stereocenters. The minimum atomic E-state index is 0.0307. The van der Waals surface area contributed by atoms with Crippen molar-refractivity contribution in [1.29, 1.82) is 0 Å². The molecule has 1 aromatic carbocycles. The van der Waals surface area contributed by atoms with Crippen LogP contribution in [0.4, 0.5) is 0 Å². The molecule has 0 aromatic heterocycles. The molecule has 112 valence electrons. The lowest BCUT2D eigenvalue weighted by atomic mass is 10.1. The van der Waals surface area contributed by atoms with Gasteiger partial charge in [0.2, 0.25) is 0 Å². The van der Waals surface area contributed by atoms with E-state index in [2.05, 4.69) is 30.9 Å². The molecule has 0 saturated carbocycles. The van der Waals surface area contributed by atoms with Gasteiger partial charge in [-0.05, 0) is 38.5 Å². The van der Waals surface area contributed by atoms with Crippen molar-refractivity contribution >= 4 is 0 Å². The molecule has 4 nitrogen and oxygen atoms in total. The van der Waals surface area contributed by atoms with Gasteiger partial charge < -0.3 is 15.2 Å². The second kappa shape index (κ2) is 7.07. The summed E-state index contributed by atoms with van der Waals surface area (Å²) in [6.45, 7) is 9.68. The van der Waals surface area contributed by atoms with E-state index in [9.17, 15) is 0 Å². The zero-order valence-electron chi connectivity index (χ0n) is 12.7. The predicted molar refractivity (Wildman–Crippen MR) is 81.0 cm³/mol. The van der Waals surface area contributed by atoms with E-state index in [0.29, 0.717) is 6.61 Å². The molecule has 1 aliphatic rings. The number of nitrogens with zero attached hydrogens (tertiary/aromatic N) is 1. The molecule has 0 amide bonds. The lowest BCUT2D eigenvalue weighted by molar-refractivity contribution is -0.0691. The number of rotatable bonds is 5. The average molecular weight is 278 g/mol. The Morgan fingerprint density at radius 3 is 2.40 bits per heavy atom. The average Bonchev–Trinajstić information content (AvgIpc) is 2.38. The molecule has 1 heterocycles. The first-order valence-corrected chi connectivity index (χ1v) is 7.44. The van der Waals surface area contributed by atoms with Crippen LogP contribution in [0.2, 0.25) is 0 Å². The minimum Gasteiger partial charge on any atom is -0.494 e. The molecule has 3 unspecified atom stereocenters. The van der Waals surface area contributed by atoms with E-state index < -0.39 is 0 Å². The third kappa shape index (κ3) is 4.20. The van der Waals surface area contributed by atoms with Gasteiger partial charge in [-0.25, -0.2) is 0 Å². The maximum absolute atomic E-state index is 6.32. The lowest BCUT2D eigenvalue weighted by Gasteiger charge is -2.36. The lowest BCUT2D eigenvalue weighted by Crippen LogP contribution is -2.47. The topological polar surface area (TPSA) is 47.7 Å². The Balaban J connectivity index is 1.92. The van der Waals surface area contributed by atoms with Crippen LogP contribution in [0.3, 0.4) is 0 Å². The summed E-state index contributed by atoms with van der Waals surface area (Å²) in [5, 5.41) is 0. The third-order valence-electron chi connectivity index (χ3n) is 3.57. The normalized spacial score (nSPS) is 25.4. The first-order valence-electron chi connectivity index (χ1n) is 7.44. The molecule has 0 spiro atoms. The van der Waals surface area contributed by atoms with Gasteiger partial charge in [0.25, 0.3) is 0 Å². The van der Waals surface area contributed by atoms with E-state index in [1.165, 1.54) is 0 Å². The number of hydrogen-bond acceptors (Lipinski definition) is 4. The minimum absolute atomic E-state index is 0.0307. The SMILES string of the molecule is CCOc1ccc(C(N)CN2CC(C)OC(C)C2)cc1. The second-order valence-electron chi connectivity index (χ2n) is 5.58. The zero-order chi connectivity index (χ0) is 14.5. The van der Waals surface area contributed by atoms with Gasteiger partial charge >= 0.3 is 0 Å². The molecule has 20 heavy (non-hydrogen) atoms. The summed E-state index contributed by atoms with van der Waals surface area (Å²) in [6.07, 6.45) is 0.567. The highest BCUT2D eigenvalue weighted by Gasteiger charge is 2.23. The van der Waals surface area contributed by atoms with Crippen molar-refractivity contribution in [2.75, 3.05) is 26.2 Å². The van der Waals surface area contributed by atoms with E-state index in [4.69, 9.17) is 15.2 Å². The molecular formula is C16H26N2O2. The molecule has 2 rings (SSSR count). The molecule has 1 aromatic rings. The first kappa shape index (κ1) is 15.3. The van der Waals surface area contributed by atoms with Gasteiger partial charge in [0.05, 0.1) is 18.8 Å². The van der Waals surface area contributed by atoms with Gasteiger partial charge in [0, 0.05) is 25.7 Å². The summed E-state index contributed by atoms with van der Waals surface area (Å²) < 4.78 is 11.2. The van der Waals surface area contributed by atoms with Crippen LogP contribution < -0.4 is 10.5 Å². The Morgan fingerprint density at radius 2 is 1.85 bits per heavy atom. The maximum Gasteiger partial charge on any atom is 0.119 e. The van der Waals surface area contributed by atoms with Crippen molar-refractivity contribution in [3.8, 4) is 5.75 Å². The number of ether oxygens (including phenoxy) is 2. The quantitative estimate of drug-likeness (QED) is 0.897. The summed E-state index contributed by atoms with van der Waals surface area (Å²) in [5.41, 5.74) is 7.47. The fourth-order valence-electron chi connectivity index (χ4n) is 2.79. The molecular weight excluding hydrogens is 252 g/mol. The van der Waals surface area contributed by atoms with Crippen molar-refractivity contribution in [2.45, 2.75) is 39.0 Å². The van der Waals surface area contributed by atoms with Gasteiger partial charge in [-0.2, -0.15) is 0 Å². The van der Waals surface area contributed by atoms with Crippen LogP contribution in [0.1, 0.15) is 32.4 Å². The van der Waals surface area contributed by atoms with Crippen LogP contribution in [-0.4, -0.2) is 43.3 Å². The molecule has 2 N–H and O–H groups in total. The van der Waals surface area contributed by atoms with Gasteiger partial charge in [-0.15, -0.1) is 0 Å². The number of hydrogen-bond donors (Lipinski definition) is 1. The smallest absolute Gasteiger partial charge is 0.119 e. The largest absolute Gasteiger partial charge is 0.494 e. The van der Waals surface area contributed by atoms with Crippen LogP contribution in [0.5, 0.6) is 5.75 Å². The highest BCUT2D eigenvalue weighted by Crippen LogP contribution is 2.19. The standard InChI is InChI=1S/C16H26N2O2/c1-4-19-15-7-5-14(6-8-15)16(17)11-18-9-12(2)20-13(3)10-18/h5-8,12-13,16H,4,9-11,17H2,1-3H3. The predicted octanol–water partition coefficient (Wildman–Crippen LogP) is 2.19. The van der Waals surface area contributed by atoms with E-state index in [-0.39, 0.29) is 18.2 Å². The van der Waals surface area contributed by atoms with Gasteiger partial charge in [-0.1, -0.05) is 12.1 Å². The summed E-state index contributed by atoms with van der Waals surface area (Å²) >= 11 is 0. The van der Waals surface area contributed by atoms with E-state index in [1.807, 2.05) is 19.1 Å². The second-order valence-corrected chi connectivity index (χ2v) is 5.58. The highest BCUT2D eigenvalue weighted by molar-refractivity contribution is 5.29. The van der Waals surface area contributed by atoms with Crippen molar-refractivity contribution < 1.29 is 9.47 Å². The Morgan fingerprint density at radius 1 is 1.25 bits per heavy atom. The van der Waals surface area contributed by atoms with Gasteiger partial charge in [0.15, 0.2) is 0 Å². The molecule has 0 aliphatic carbocycles. The summed E-state index contributed by atoms with van der Waals surface area (Å²) in [6, 6.07) is 8.13. The van der Waals surface area contributed by atoms with E-state index >= 15 is 0 Å². The van der Waals surface area contributed by atoms with Crippen molar-refractivity contribution in [2.24, 2.45) is 5.73 Å². The van der Waals surface area contributed by atoms with Crippen molar-refractivity contribution in [1.82, 2.24) is 4.90 Å². The maximum atomic E-state index is 6.32. The summed E-state index contributed by atoms with van der Waals surface area (Å²) in [7, 11) is 0. The Labute approximate surface area is 121 Å². The van der Waals surface area contributed by atoms with Crippen LogP contribution >= 0.6 is 0 Å². The zero-order valence-corrected chi connectivity index (χ0v) is 12.7. The van der Waals surface area contributed by atoms with Crippen LogP contribution in [0.25, 0.3) is 0 Å². The highest BCUT2D eigenvalue weighted by atomic mass is 16.5. The summed E-state index contributed by atoms with van der Waals surface area (Å²) in [5.74, 6) is 0.900. The number of morpholine rings is 1. The monoisotopic (exact) mass is 278 g/mol. The molecule has 1 saturated heterocycles. The van der Waals surface area contributed by atoms with Crippen LogP contribution in [-0.2, 0) is 4.74 Å². The Bertz CT molecular complexity index is 397. The van der Waals surface area contributed by atoms with Gasteiger partial charge in [0.1, 0.15) is 5.75 Å². The van der Waals surface area contributed by atoms with Gasteiger partial charge in [-0.3, -0.25) is 4.90 Å². The number of benzene rings is 1. The molecule has 4 heteroatoms. The number of nitrogens with two attached hydrogens (primary N) is 1. The molecule has 0 bridgehead atoms. The molecule has 1 fully saturated rings. The molecule has 0 radical (unpaired) electrons. The fourth-order valence-corrected chi connectivity index (χ4v) is 2.79. The Kier molecular flexibility index (Phi) is 5.40. The van der Waals surface area contributed by atoms with Crippen molar-refractivity contribution in [3.63, 3.8) is 0 Å².